The van der Waals surface area contributed by atoms with Crippen LogP contribution in [0.5, 0.6) is 0 Å². The van der Waals surface area contributed by atoms with Gasteiger partial charge in [0.2, 0.25) is 0 Å². The van der Waals surface area contributed by atoms with E-state index in [-0.39, 0.29) is 12.4 Å². The molecule has 0 radical (unpaired) electrons. The smallest absolute Gasteiger partial charge is 0.0205 e. The second kappa shape index (κ2) is 8.54. The molecule has 17 heavy (non-hydrogen) atoms. The van der Waals surface area contributed by atoms with Crippen LogP contribution in [0, 0.1) is 5.92 Å². The Kier molecular flexibility index (Phi) is 8.28. The first-order valence-corrected chi connectivity index (χ1v) is 6.39. The van der Waals surface area contributed by atoms with Gasteiger partial charge in [0.15, 0.2) is 0 Å². The molecule has 1 rings (SSSR count). The van der Waals surface area contributed by atoms with E-state index >= 15 is 0 Å². The van der Waals surface area contributed by atoms with Gasteiger partial charge in [-0.15, -0.1) is 12.4 Å². The number of benzene rings is 1. The lowest BCUT2D eigenvalue weighted by Crippen LogP contribution is -2.16. The van der Waals surface area contributed by atoms with E-state index in [1.54, 1.807) is 0 Å². The van der Waals surface area contributed by atoms with E-state index in [2.05, 4.69) is 57.3 Å². The number of hydrogen-bond donors (Lipinski definition) is 1. The number of nitrogens with one attached hydrogen (secondary N) is 1. The largest absolute Gasteiger partial charge is 0.313 e. The highest BCUT2D eigenvalue weighted by molar-refractivity contribution is 5.85. The molecule has 1 aromatic rings. The molecule has 0 aliphatic rings. The standard InChI is InChI=1S/C15H25N.ClH/c1-12(2)9-10-16-11-14-5-7-15(8-6-14)13(3)4;/h5-8,12-13,16H,9-11H2,1-4H3;1H. The van der Waals surface area contributed by atoms with Crippen LogP contribution in [0.25, 0.3) is 0 Å². The third kappa shape index (κ3) is 6.70. The molecule has 0 aliphatic heterocycles. The fourth-order valence-electron chi connectivity index (χ4n) is 1.64. The zero-order valence-electron chi connectivity index (χ0n) is 11.5. The van der Waals surface area contributed by atoms with Crippen molar-refractivity contribution >= 4 is 12.4 Å². The Morgan fingerprint density at radius 2 is 1.59 bits per heavy atom. The number of halogens is 1. The van der Waals surface area contributed by atoms with Crippen molar-refractivity contribution in [2.24, 2.45) is 5.92 Å². The van der Waals surface area contributed by atoms with Gasteiger partial charge in [0.05, 0.1) is 0 Å². The summed E-state index contributed by atoms with van der Waals surface area (Å²) in [7, 11) is 0. The summed E-state index contributed by atoms with van der Waals surface area (Å²) in [6.45, 7) is 11.1. The minimum absolute atomic E-state index is 0. The van der Waals surface area contributed by atoms with E-state index in [1.165, 1.54) is 17.5 Å². The maximum atomic E-state index is 3.48. The molecule has 0 aromatic heterocycles. The molecule has 0 saturated heterocycles. The van der Waals surface area contributed by atoms with Gasteiger partial charge in [0, 0.05) is 6.54 Å². The Balaban J connectivity index is 0.00000256. The average molecular weight is 256 g/mol. The Hall–Kier alpha value is -0.530. The average Bonchev–Trinajstić information content (AvgIpc) is 2.25. The van der Waals surface area contributed by atoms with Crippen molar-refractivity contribution < 1.29 is 0 Å². The Bertz CT molecular complexity index is 290. The minimum Gasteiger partial charge on any atom is -0.313 e. The van der Waals surface area contributed by atoms with Gasteiger partial charge in [-0.05, 0) is 35.9 Å². The van der Waals surface area contributed by atoms with E-state index in [0.29, 0.717) is 5.92 Å². The Labute approximate surface area is 112 Å². The van der Waals surface area contributed by atoms with Crippen LogP contribution in [0.2, 0.25) is 0 Å². The molecule has 0 saturated carbocycles. The lowest BCUT2D eigenvalue weighted by molar-refractivity contribution is 0.537. The summed E-state index contributed by atoms with van der Waals surface area (Å²) in [5.74, 6) is 1.42. The summed E-state index contributed by atoms with van der Waals surface area (Å²) in [6.07, 6.45) is 1.25. The summed E-state index contributed by atoms with van der Waals surface area (Å²) in [4.78, 5) is 0. The van der Waals surface area contributed by atoms with E-state index in [1.807, 2.05) is 0 Å². The van der Waals surface area contributed by atoms with Crippen molar-refractivity contribution in [2.45, 2.75) is 46.6 Å². The van der Waals surface area contributed by atoms with Gasteiger partial charge in [-0.2, -0.15) is 0 Å². The van der Waals surface area contributed by atoms with Crippen molar-refractivity contribution in [3.8, 4) is 0 Å². The summed E-state index contributed by atoms with van der Waals surface area (Å²) in [5, 5.41) is 3.48. The zero-order valence-corrected chi connectivity index (χ0v) is 12.3. The predicted molar refractivity (Wildman–Crippen MR) is 78.9 cm³/mol. The van der Waals surface area contributed by atoms with Crippen LogP contribution in [-0.2, 0) is 6.54 Å². The van der Waals surface area contributed by atoms with Crippen LogP contribution in [0.15, 0.2) is 24.3 Å². The summed E-state index contributed by atoms with van der Waals surface area (Å²) >= 11 is 0. The second-order valence-electron chi connectivity index (χ2n) is 5.26. The molecule has 1 aromatic carbocycles. The first kappa shape index (κ1) is 16.5. The van der Waals surface area contributed by atoms with Gasteiger partial charge >= 0.3 is 0 Å². The molecule has 0 fully saturated rings. The molecule has 0 bridgehead atoms. The van der Waals surface area contributed by atoms with Crippen molar-refractivity contribution in [3.05, 3.63) is 35.4 Å². The van der Waals surface area contributed by atoms with Gasteiger partial charge in [-0.25, -0.2) is 0 Å². The quantitative estimate of drug-likeness (QED) is 0.745. The highest BCUT2D eigenvalue weighted by Crippen LogP contribution is 2.14. The van der Waals surface area contributed by atoms with Crippen LogP contribution >= 0.6 is 12.4 Å². The molecule has 0 aliphatic carbocycles. The second-order valence-corrected chi connectivity index (χ2v) is 5.26. The Morgan fingerprint density at radius 1 is 1.00 bits per heavy atom. The van der Waals surface area contributed by atoms with Crippen molar-refractivity contribution in [1.29, 1.82) is 0 Å². The molecule has 0 spiro atoms. The molecule has 0 unspecified atom stereocenters. The van der Waals surface area contributed by atoms with Crippen LogP contribution in [0.3, 0.4) is 0 Å². The Morgan fingerprint density at radius 3 is 2.06 bits per heavy atom. The molecule has 0 atom stereocenters. The van der Waals surface area contributed by atoms with E-state index in [9.17, 15) is 0 Å². The zero-order chi connectivity index (χ0) is 12.0. The monoisotopic (exact) mass is 255 g/mol. The molecule has 1 N–H and O–H groups in total. The topological polar surface area (TPSA) is 12.0 Å². The highest BCUT2D eigenvalue weighted by Gasteiger charge is 1.99. The molecule has 2 heteroatoms. The van der Waals surface area contributed by atoms with Gasteiger partial charge in [-0.3, -0.25) is 0 Å². The minimum atomic E-state index is 0. The summed E-state index contributed by atoms with van der Waals surface area (Å²) < 4.78 is 0. The van der Waals surface area contributed by atoms with Gasteiger partial charge < -0.3 is 5.32 Å². The van der Waals surface area contributed by atoms with Crippen LogP contribution in [0.4, 0.5) is 0 Å². The first-order chi connectivity index (χ1) is 7.59. The van der Waals surface area contributed by atoms with Gasteiger partial charge in [0.25, 0.3) is 0 Å². The number of rotatable bonds is 6. The molecule has 0 amide bonds. The van der Waals surface area contributed by atoms with E-state index < -0.39 is 0 Å². The van der Waals surface area contributed by atoms with Crippen LogP contribution < -0.4 is 5.32 Å². The molecule has 0 heterocycles. The molecule has 1 nitrogen and oxygen atoms in total. The van der Waals surface area contributed by atoms with E-state index in [0.717, 1.165) is 19.0 Å². The van der Waals surface area contributed by atoms with Crippen LogP contribution in [0.1, 0.15) is 51.2 Å². The number of hydrogen-bond acceptors (Lipinski definition) is 1. The maximum absolute atomic E-state index is 3.48. The third-order valence-electron chi connectivity index (χ3n) is 2.87. The highest BCUT2D eigenvalue weighted by atomic mass is 35.5. The van der Waals surface area contributed by atoms with E-state index in [4.69, 9.17) is 0 Å². The SMILES string of the molecule is CC(C)CCNCc1ccc(C(C)C)cc1.Cl. The molecular weight excluding hydrogens is 230 g/mol. The fraction of sp³-hybridized carbons (Fsp3) is 0.600. The lowest BCUT2D eigenvalue weighted by atomic mass is 10.0. The lowest BCUT2D eigenvalue weighted by Gasteiger charge is -2.09. The summed E-state index contributed by atoms with van der Waals surface area (Å²) in [5.41, 5.74) is 2.80. The molecule has 98 valence electrons. The van der Waals surface area contributed by atoms with Crippen molar-refractivity contribution in [3.63, 3.8) is 0 Å². The van der Waals surface area contributed by atoms with Gasteiger partial charge in [0.1, 0.15) is 0 Å². The van der Waals surface area contributed by atoms with Crippen molar-refractivity contribution in [2.75, 3.05) is 6.54 Å². The normalized spacial score (nSPS) is 10.7. The van der Waals surface area contributed by atoms with Crippen LogP contribution in [-0.4, -0.2) is 6.54 Å². The van der Waals surface area contributed by atoms with Crippen molar-refractivity contribution in [1.82, 2.24) is 5.32 Å². The third-order valence-corrected chi connectivity index (χ3v) is 2.87. The fourth-order valence-corrected chi connectivity index (χ4v) is 1.64. The summed E-state index contributed by atoms with van der Waals surface area (Å²) in [6, 6.07) is 8.95. The molecular formula is C15H26ClN. The first-order valence-electron chi connectivity index (χ1n) is 6.39. The predicted octanol–water partition coefficient (Wildman–Crippen LogP) is 4.37. The maximum Gasteiger partial charge on any atom is 0.0205 e. The van der Waals surface area contributed by atoms with Gasteiger partial charge in [-0.1, -0.05) is 52.0 Å².